The highest BCUT2D eigenvalue weighted by Crippen LogP contribution is 2.32. The van der Waals surface area contributed by atoms with Crippen LogP contribution in [-0.4, -0.2) is 37.9 Å². The molecular weight excluding hydrogens is 342 g/mol. The predicted molar refractivity (Wildman–Crippen MR) is 107 cm³/mol. The molecule has 0 radical (unpaired) electrons. The number of hydrogen-bond donors (Lipinski definition) is 2. The van der Waals surface area contributed by atoms with Gasteiger partial charge in [0.05, 0.1) is 0 Å². The van der Waals surface area contributed by atoms with E-state index in [0.717, 1.165) is 47.5 Å². The number of benzene rings is 1. The first-order valence-electron chi connectivity index (χ1n) is 9.26. The van der Waals surface area contributed by atoms with Crippen LogP contribution in [-0.2, 0) is 13.1 Å². The van der Waals surface area contributed by atoms with Crippen molar-refractivity contribution < 1.29 is 9.47 Å². The zero-order valence-electron chi connectivity index (χ0n) is 16.2. The molecule has 7 nitrogen and oxygen atoms in total. The topological polar surface area (TPSA) is 71.0 Å². The van der Waals surface area contributed by atoms with Crippen molar-refractivity contribution in [2.45, 2.75) is 26.9 Å². The molecule has 27 heavy (non-hydrogen) atoms. The van der Waals surface area contributed by atoms with E-state index in [4.69, 9.17) is 9.47 Å². The summed E-state index contributed by atoms with van der Waals surface area (Å²) in [5, 5.41) is 6.62. The second kappa shape index (κ2) is 9.12. The first-order valence-corrected chi connectivity index (χ1v) is 9.26. The highest BCUT2D eigenvalue weighted by Gasteiger charge is 2.13. The van der Waals surface area contributed by atoms with Gasteiger partial charge in [-0.1, -0.05) is 12.1 Å². The molecule has 0 unspecified atom stereocenters. The Labute approximate surface area is 160 Å². The van der Waals surface area contributed by atoms with E-state index < -0.39 is 0 Å². The van der Waals surface area contributed by atoms with Crippen LogP contribution in [0.5, 0.6) is 11.5 Å². The Morgan fingerprint density at radius 1 is 1.04 bits per heavy atom. The summed E-state index contributed by atoms with van der Waals surface area (Å²) in [6.45, 7) is 7.78. The van der Waals surface area contributed by atoms with E-state index in [1.165, 1.54) is 0 Å². The van der Waals surface area contributed by atoms with Gasteiger partial charge in [-0.15, -0.1) is 0 Å². The molecule has 0 atom stereocenters. The maximum Gasteiger partial charge on any atom is 0.231 e. The van der Waals surface area contributed by atoms with Gasteiger partial charge in [0.25, 0.3) is 0 Å². The molecule has 0 bridgehead atoms. The summed E-state index contributed by atoms with van der Waals surface area (Å²) in [6.07, 6.45) is 1.91. The van der Waals surface area contributed by atoms with E-state index in [-0.39, 0.29) is 6.79 Å². The second-order valence-corrected chi connectivity index (χ2v) is 6.16. The van der Waals surface area contributed by atoms with Crippen molar-refractivity contribution in [3.8, 4) is 11.5 Å². The molecule has 1 aliphatic heterocycles. The van der Waals surface area contributed by atoms with Crippen molar-refractivity contribution in [1.82, 2.24) is 15.6 Å². The zero-order chi connectivity index (χ0) is 19.1. The minimum Gasteiger partial charge on any atom is -0.454 e. The van der Waals surface area contributed by atoms with Crippen molar-refractivity contribution in [1.29, 1.82) is 0 Å². The third-order valence-corrected chi connectivity index (χ3v) is 4.48. The maximum atomic E-state index is 5.41. The molecule has 0 spiro atoms. The lowest BCUT2D eigenvalue weighted by molar-refractivity contribution is 0.174. The molecule has 0 saturated carbocycles. The number of pyridine rings is 1. The van der Waals surface area contributed by atoms with E-state index in [0.29, 0.717) is 13.1 Å². The molecule has 2 aromatic rings. The Kier molecular flexibility index (Phi) is 6.35. The lowest BCUT2D eigenvalue weighted by Crippen LogP contribution is -2.36. The molecule has 1 aliphatic rings. The Hall–Kier alpha value is -2.96. The Morgan fingerprint density at radius 2 is 1.74 bits per heavy atom. The van der Waals surface area contributed by atoms with Gasteiger partial charge in [-0.05, 0) is 43.2 Å². The summed E-state index contributed by atoms with van der Waals surface area (Å²) in [5.74, 6) is 3.33. The highest BCUT2D eigenvalue weighted by molar-refractivity contribution is 5.79. The van der Waals surface area contributed by atoms with Crippen LogP contribution in [0.15, 0.2) is 41.5 Å². The van der Waals surface area contributed by atoms with Crippen LogP contribution < -0.4 is 25.0 Å². The van der Waals surface area contributed by atoms with Gasteiger partial charge in [-0.25, -0.2) is 4.98 Å². The first-order chi connectivity index (χ1) is 13.2. The third-order valence-electron chi connectivity index (χ3n) is 4.48. The molecule has 0 aliphatic carbocycles. The van der Waals surface area contributed by atoms with Gasteiger partial charge in [0, 0.05) is 39.4 Å². The van der Waals surface area contributed by atoms with E-state index in [1.54, 1.807) is 7.05 Å². The fourth-order valence-electron chi connectivity index (χ4n) is 2.90. The SMILES string of the molecule is CCN(CC)c1ccc(CNC(=NC)NCc2ccc3c(c2)OCO3)cn1. The lowest BCUT2D eigenvalue weighted by atomic mass is 10.2. The summed E-state index contributed by atoms with van der Waals surface area (Å²) < 4.78 is 10.8. The molecule has 3 rings (SSSR count). The first kappa shape index (κ1) is 18.8. The zero-order valence-corrected chi connectivity index (χ0v) is 16.2. The number of hydrogen-bond acceptors (Lipinski definition) is 5. The average molecular weight is 369 g/mol. The summed E-state index contributed by atoms with van der Waals surface area (Å²) in [5.41, 5.74) is 2.21. The molecule has 0 saturated heterocycles. The van der Waals surface area contributed by atoms with Crippen LogP contribution in [0.3, 0.4) is 0 Å². The van der Waals surface area contributed by atoms with Crippen molar-refractivity contribution in [2.75, 3.05) is 31.8 Å². The van der Waals surface area contributed by atoms with Gasteiger partial charge >= 0.3 is 0 Å². The number of rotatable bonds is 7. The van der Waals surface area contributed by atoms with Crippen molar-refractivity contribution >= 4 is 11.8 Å². The lowest BCUT2D eigenvalue weighted by Gasteiger charge is -2.19. The largest absolute Gasteiger partial charge is 0.454 e. The van der Waals surface area contributed by atoms with E-state index in [9.17, 15) is 0 Å². The van der Waals surface area contributed by atoms with Crippen LogP contribution in [0.1, 0.15) is 25.0 Å². The van der Waals surface area contributed by atoms with Crippen LogP contribution in [0.2, 0.25) is 0 Å². The number of anilines is 1. The smallest absolute Gasteiger partial charge is 0.231 e. The van der Waals surface area contributed by atoms with Gasteiger partial charge in [0.15, 0.2) is 17.5 Å². The highest BCUT2D eigenvalue weighted by atomic mass is 16.7. The molecule has 2 N–H and O–H groups in total. The fourth-order valence-corrected chi connectivity index (χ4v) is 2.90. The average Bonchev–Trinajstić information content (AvgIpc) is 3.18. The van der Waals surface area contributed by atoms with E-state index in [2.05, 4.69) is 51.5 Å². The molecule has 0 amide bonds. The Balaban J connectivity index is 1.50. The summed E-state index contributed by atoms with van der Waals surface area (Å²) in [7, 11) is 1.76. The number of guanidine groups is 1. The maximum absolute atomic E-state index is 5.41. The number of ether oxygens (including phenoxy) is 2. The predicted octanol–water partition coefficient (Wildman–Crippen LogP) is 2.52. The van der Waals surface area contributed by atoms with Gasteiger partial charge in [0.2, 0.25) is 6.79 Å². The molecule has 2 heterocycles. The molecule has 1 aromatic heterocycles. The fraction of sp³-hybridized carbons (Fsp3) is 0.400. The van der Waals surface area contributed by atoms with Gasteiger partial charge in [-0.3, -0.25) is 4.99 Å². The van der Waals surface area contributed by atoms with Gasteiger partial charge in [0.1, 0.15) is 5.82 Å². The van der Waals surface area contributed by atoms with E-state index >= 15 is 0 Å². The van der Waals surface area contributed by atoms with Crippen LogP contribution in [0, 0.1) is 0 Å². The monoisotopic (exact) mass is 369 g/mol. The molecule has 7 heteroatoms. The minimum absolute atomic E-state index is 0.288. The number of nitrogens with zero attached hydrogens (tertiary/aromatic N) is 3. The summed E-state index contributed by atoms with van der Waals surface area (Å²) in [6, 6.07) is 10.1. The van der Waals surface area contributed by atoms with Gasteiger partial charge < -0.3 is 25.0 Å². The third kappa shape index (κ3) is 4.81. The number of aliphatic imine (C=N–C) groups is 1. The Bertz CT molecular complexity index is 772. The molecule has 144 valence electrons. The van der Waals surface area contributed by atoms with Crippen LogP contribution >= 0.6 is 0 Å². The quantitative estimate of drug-likeness (QED) is 0.577. The van der Waals surface area contributed by atoms with Gasteiger partial charge in [-0.2, -0.15) is 0 Å². The number of aromatic nitrogens is 1. The summed E-state index contributed by atoms with van der Waals surface area (Å²) in [4.78, 5) is 11.0. The van der Waals surface area contributed by atoms with Crippen molar-refractivity contribution in [2.24, 2.45) is 4.99 Å². The standard InChI is InChI=1S/C20H27N5O2/c1-4-25(5-2)19-9-7-16(12-22-19)13-24-20(21-3)23-11-15-6-8-17-18(10-15)27-14-26-17/h6-10,12H,4-5,11,13-14H2,1-3H3,(H2,21,23,24). The summed E-state index contributed by atoms with van der Waals surface area (Å²) >= 11 is 0. The minimum atomic E-state index is 0.288. The van der Waals surface area contributed by atoms with Crippen molar-refractivity contribution in [3.05, 3.63) is 47.7 Å². The molecule has 1 aromatic carbocycles. The molecular formula is C20H27N5O2. The van der Waals surface area contributed by atoms with E-state index in [1.807, 2.05) is 24.4 Å². The normalized spacial score (nSPS) is 12.8. The van der Waals surface area contributed by atoms with Crippen molar-refractivity contribution in [3.63, 3.8) is 0 Å². The molecule has 0 fully saturated rings. The second-order valence-electron chi connectivity index (χ2n) is 6.16. The van der Waals surface area contributed by atoms with Crippen LogP contribution in [0.25, 0.3) is 0 Å². The number of fused-ring (bicyclic) bond motifs is 1. The number of nitrogens with one attached hydrogen (secondary N) is 2. The van der Waals surface area contributed by atoms with Crippen LogP contribution in [0.4, 0.5) is 5.82 Å². The Morgan fingerprint density at radius 3 is 2.41 bits per heavy atom.